The monoisotopic (exact) mass is 1160 g/mol. The summed E-state index contributed by atoms with van der Waals surface area (Å²) in [5, 5.41) is 2.68. The van der Waals surface area contributed by atoms with Gasteiger partial charge in [0.1, 0.15) is 0 Å². The van der Waals surface area contributed by atoms with Crippen molar-refractivity contribution in [1.82, 2.24) is 0 Å². The summed E-state index contributed by atoms with van der Waals surface area (Å²) >= 11 is 1.96. The van der Waals surface area contributed by atoms with Gasteiger partial charge >= 0.3 is 0 Å². The molecule has 0 radical (unpaired) electrons. The molecule has 1 fully saturated rings. The SMILES string of the molecule is CC(C)(C)c1ccc(N(c2ccc(C(C)(C)C)cc2)c2cc3c4c(c2)N2c5c(cc(C(C)(C)C)cc5C5(C)CCCCC25C)B4c2cc4c(cc2N3c2c(-c3ccccc3)cc(C(C)(C)C)cc2-c2ccccc2)sc2cc(C(C)(C)C)ccc24)cc1. The number of anilines is 8. The molecule has 10 aromatic rings. The van der Waals surface area contributed by atoms with E-state index in [4.69, 9.17) is 0 Å². The highest BCUT2D eigenvalue weighted by Gasteiger charge is 2.62. The number of benzene rings is 9. The maximum atomic E-state index is 2.94. The van der Waals surface area contributed by atoms with Crippen molar-refractivity contribution < 1.29 is 0 Å². The van der Waals surface area contributed by atoms with Crippen LogP contribution in [0.25, 0.3) is 42.4 Å². The van der Waals surface area contributed by atoms with Crippen LogP contribution in [0.5, 0.6) is 0 Å². The van der Waals surface area contributed by atoms with E-state index < -0.39 is 0 Å². The Morgan fingerprint density at radius 1 is 0.414 bits per heavy atom. The van der Waals surface area contributed by atoms with Gasteiger partial charge in [0.15, 0.2) is 0 Å². The molecule has 3 nitrogen and oxygen atoms in total. The van der Waals surface area contributed by atoms with E-state index in [-0.39, 0.29) is 44.7 Å². The number of rotatable bonds is 6. The highest BCUT2D eigenvalue weighted by Crippen LogP contribution is 2.63. The average molecular weight is 1160 g/mol. The summed E-state index contributed by atoms with van der Waals surface area (Å²) in [6.45, 7) is 40.6. The minimum absolute atomic E-state index is 0.00339. The summed E-state index contributed by atoms with van der Waals surface area (Å²) in [5.74, 6) is 0. The van der Waals surface area contributed by atoms with Crippen LogP contribution in [-0.4, -0.2) is 12.3 Å². The van der Waals surface area contributed by atoms with Crippen LogP contribution in [-0.2, 0) is 32.5 Å². The molecule has 0 bridgehead atoms. The third-order valence-electron chi connectivity index (χ3n) is 20.9. The van der Waals surface area contributed by atoms with Crippen molar-refractivity contribution in [3.8, 4) is 22.3 Å². The molecule has 4 aliphatic rings. The van der Waals surface area contributed by atoms with E-state index in [1.807, 2.05) is 11.3 Å². The second kappa shape index (κ2) is 19.6. The summed E-state index contributed by atoms with van der Waals surface area (Å²) in [6, 6.07) is 69.9. The van der Waals surface area contributed by atoms with Crippen molar-refractivity contribution in [2.45, 2.75) is 181 Å². The van der Waals surface area contributed by atoms with Gasteiger partial charge in [0.25, 0.3) is 6.71 Å². The molecule has 1 aliphatic carbocycles. The quantitative estimate of drug-likeness (QED) is 0.154. The van der Waals surface area contributed by atoms with Crippen molar-refractivity contribution in [2.24, 2.45) is 0 Å². The zero-order chi connectivity index (χ0) is 61.3. The van der Waals surface area contributed by atoms with Crippen molar-refractivity contribution >= 4 is 100 Å². The molecule has 440 valence electrons. The van der Waals surface area contributed by atoms with E-state index in [9.17, 15) is 0 Å². The van der Waals surface area contributed by atoms with E-state index >= 15 is 0 Å². The summed E-state index contributed by atoms with van der Waals surface area (Å²) in [5.41, 5.74) is 26.8. The lowest BCUT2D eigenvalue weighted by Gasteiger charge is -2.53. The molecule has 87 heavy (non-hydrogen) atoms. The summed E-state index contributed by atoms with van der Waals surface area (Å²) < 4.78 is 2.65. The van der Waals surface area contributed by atoms with Crippen LogP contribution in [0.2, 0.25) is 0 Å². The van der Waals surface area contributed by atoms with E-state index in [0.29, 0.717) is 0 Å². The normalized spacial score (nSPS) is 18.2. The summed E-state index contributed by atoms with van der Waals surface area (Å²) in [4.78, 5) is 8.31. The zero-order valence-electron chi connectivity index (χ0n) is 54.9. The first-order valence-electron chi connectivity index (χ1n) is 32.3. The van der Waals surface area contributed by atoms with Crippen molar-refractivity contribution in [3.05, 3.63) is 209 Å². The third-order valence-corrected chi connectivity index (χ3v) is 22.1. The van der Waals surface area contributed by atoms with E-state index in [1.165, 1.54) is 133 Å². The second-order valence-electron chi connectivity index (χ2n) is 31.8. The standard InChI is InChI=1S/C82H88BN3S/c1-76(2,3)53-30-35-58(36-31-53)84(59-37-32-54(33-38-59)77(4,5)6)60-47-69-73-70(48-60)86-75-65(81(16)40-24-25-41-82(81,86)17)44-57(80(13,14)15)45-67(75)83(73)66-49-64-61-39-34-55(78(7,8)9)46-71(61)87-72(64)50-68(66)85(69)74-62(51-26-20-18-21-27-51)42-56(79(10,11)12)43-63(74)52-28-22-19-23-29-52/h18-23,26-39,42-50H,24-25,40-41H2,1-17H3. The van der Waals surface area contributed by atoms with Gasteiger partial charge in [-0.2, -0.15) is 0 Å². The predicted molar refractivity (Wildman–Crippen MR) is 381 cm³/mol. The maximum Gasteiger partial charge on any atom is 0.252 e. The fourth-order valence-corrected chi connectivity index (χ4v) is 16.7. The molecule has 14 rings (SSSR count). The van der Waals surface area contributed by atoms with Crippen molar-refractivity contribution in [2.75, 3.05) is 14.7 Å². The summed E-state index contributed by atoms with van der Waals surface area (Å²) in [7, 11) is 0. The van der Waals surface area contributed by atoms with E-state index in [2.05, 4.69) is 308 Å². The molecule has 0 spiro atoms. The molecule has 1 saturated carbocycles. The topological polar surface area (TPSA) is 9.72 Å². The van der Waals surface area contributed by atoms with Gasteiger partial charge in [-0.05, 0) is 174 Å². The molecule has 9 aromatic carbocycles. The maximum absolute atomic E-state index is 2.94. The average Bonchev–Trinajstić information content (AvgIpc) is 1.56. The fourth-order valence-electron chi connectivity index (χ4n) is 15.5. The Balaban J connectivity index is 1.19. The fraction of sp³-hybridized carbons (Fsp3) is 0.341. The van der Waals surface area contributed by atoms with Gasteiger partial charge in [-0.1, -0.05) is 239 Å². The first-order valence-corrected chi connectivity index (χ1v) is 33.1. The van der Waals surface area contributed by atoms with Gasteiger partial charge in [-0.3, -0.25) is 0 Å². The molecule has 4 heterocycles. The largest absolute Gasteiger partial charge is 0.335 e. The molecule has 2 unspecified atom stereocenters. The number of hydrogen-bond acceptors (Lipinski definition) is 4. The minimum Gasteiger partial charge on any atom is -0.335 e. The lowest BCUT2D eigenvalue weighted by molar-refractivity contribution is 0.195. The molecular weight excluding hydrogens is 1070 g/mol. The van der Waals surface area contributed by atoms with Crippen LogP contribution in [0.1, 0.15) is 177 Å². The molecule has 5 heteroatoms. The highest BCUT2D eigenvalue weighted by atomic mass is 32.1. The molecule has 2 atom stereocenters. The van der Waals surface area contributed by atoms with Crippen LogP contribution in [0.4, 0.5) is 45.5 Å². The molecule has 0 amide bonds. The Morgan fingerprint density at radius 2 is 0.908 bits per heavy atom. The van der Waals surface area contributed by atoms with Crippen LogP contribution < -0.4 is 31.1 Å². The molecule has 3 aliphatic heterocycles. The highest BCUT2D eigenvalue weighted by molar-refractivity contribution is 7.26. The van der Waals surface area contributed by atoms with Crippen LogP contribution in [0.15, 0.2) is 176 Å². The Kier molecular flexibility index (Phi) is 12.9. The van der Waals surface area contributed by atoms with E-state index in [1.54, 1.807) is 0 Å². The third kappa shape index (κ3) is 9.08. The van der Waals surface area contributed by atoms with Gasteiger partial charge in [-0.15, -0.1) is 11.3 Å². The Bertz CT molecular complexity index is 4260. The number of fused-ring (bicyclic) bond motifs is 10. The molecule has 0 saturated heterocycles. The predicted octanol–water partition coefficient (Wildman–Crippen LogP) is 21.7. The van der Waals surface area contributed by atoms with E-state index in [0.717, 1.165) is 29.9 Å². The van der Waals surface area contributed by atoms with Crippen LogP contribution in [0.3, 0.4) is 0 Å². The summed E-state index contributed by atoms with van der Waals surface area (Å²) in [6.07, 6.45) is 4.69. The van der Waals surface area contributed by atoms with Gasteiger partial charge in [0.2, 0.25) is 0 Å². The lowest BCUT2D eigenvalue weighted by Crippen LogP contribution is -2.64. The van der Waals surface area contributed by atoms with Crippen molar-refractivity contribution in [1.29, 1.82) is 0 Å². The molecular formula is C82H88BN3S. The Hall–Kier alpha value is -7.34. The van der Waals surface area contributed by atoms with Crippen LogP contribution >= 0.6 is 11.3 Å². The Labute approximate surface area is 524 Å². The van der Waals surface area contributed by atoms with Gasteiger partial charge in [0.05, 0.1) is 16.9 Å². The first kappa shape index (κ1) is 57.4. The van der Waals surface area contributed by atoms with Gasteiger partial charge in [0, 0.05) is 65.5 Å². The van der Waals surface area contributed by atoms with Gasteiger partial charge in [-0.25, -0.2) is 0 Å². The van der Waals surface area contributed by atoms with Crippen LogP contribution in [0, 0.1) is 0 Å². The minimum atomic E-state index is -0.202. The number of nitrogens with zero attached hydrogens (tertiary/aromatic N) is 3. The molecule has 1 aromatic heterocycles. The Morgan fingerprint density at radius 3 is 1.45 bits per heavy atom. The van der Waals surface area contributed by atoms with Crippen molar-refractivity contribution in [3.63, 3.8) is 0 Å². The smallest absolute Gasteiger partial charge is 0.252 e. The number of hydrogen-bond donors (Lipinski definition) is 0. The second-order valence-corrected chi connectivity index (χ2v) is 32.9. The van der Waals surface area contributed by atoms with Gasteiger partial charge < -0.3 is 14.7 Å². The zero-order valence-corrected chi connectivity index (χ0v) is 55.7. The molecule has 0 N–H and O–H groups in total. The first-order chi connectivity index (χ1) is 41.0. The number of thiophene rings is 1. The lowest BCUT2D eigenvalue weighted by atomic mass is 9.33.